The molecule has 0 amide bonds. The van der Waals surface area contributed by atoms with Crippen molar-refractivity contribution in [1.82, 2.24) is 0 Å². The SMILES string of the molecule is CC1C(O)[C@@H](C)O[C@@H](CO)[C@H]1O. The van der Waals surface area contributed by atoms with Gasteiger partial charge < -0.3 is 20.1 Å². The van der Waals surface area contributed by atoms with Crippen molar-refractivity contribution in [3.63, 3.8) is 0 Å². The lowest BCUT2D eigenvalue weighted by atomic mass is 9.88. The quantitative estimate of drug-likeness (QED) is 0.485. The summed E-state index contributed by atoms with van der Waals surface area (Å²) in [6, 6.07) is 0. The van der Waals surface area contributed by atoms with Crippen LogP contribution < -0.4 is 0 Å². The number of ether oxygens (including phenoxy) is 1. The molecule has 2 unspecified atom stereocenters. The minimum Gasteiger partial charge on any atom is -0.394 e. The minimum atomic E-state index is -0.777. The summed E-state index contributed by atoms with van der Waals surface area (Å²) in [6.45, 7) is 3.27. The van der Waals surface area contributed by atoms with Crippen molar-refractivity contribution in [3.8, 4) is 0 Å². The molecule has 0 radical (unpaired) electrons. The summed E-state index contributed by atoms with van der Waals surface area (Å²) >= 11 is 0. The Morgan fingerprint density at radius 2 is 1.75 bits per heavy atom. The molecule has 4 heteroatoms. The first kappa shape index (κ1) is 9.92. The number of aliphatic hydroxyl groups excluding tert-OH is 3. The Balaban J connectivity index is 2.63. The van der Waals surface area contributed by atoms with Gasteiger partial charge in [-0.3, -0.25) is 0 Å². The number of aliphatic hydroxyl groups is 3. The maximum atomic E-state index is 9.48. The van der Waals surface area contributed by atoms with E-state index < -0.39 is 18.3 Å². The lowest BCUT2D eigenvalue weighted by molar-refractivity contribution is -0.199. The Morgan fingerprint density at radius 1 is 1.17 bits per heavy atom. The monoisotopic (exact) mass is 176 g/mol. The number of hydrogen-bond donors (Lipinski definition) is 3. The van der Waals surface area contributed by atoms with Crippen LogP contribution >= 0.6 is 0 Å². The van der Waals surface area contributed by atoms with Gasteiger partial charge in [-0.2, -0.15) is 0 Å². The zero-order valence-electron chi connectivity index (χ0n) is 7.34. The molecule has 72 valence electrons. The molecule has 1 aliphatic rings. The first-order chi connectivity index (χ1) is 5.57. The molecule has 0 spiro atoms. The van der Waals surface area contributed by atoms with Gasteiger partial charge in [-0.1, -0.05) is 6.92 Å². The van der Waals surface area contributed by atoms with E-state index in [0.29, 0.717) is 0 Å². The summed E-state index contributed by atoms with van der Waals surface area (Å²) in [4.78, 5) is 0. The molecule has 0 aliphatic carbocycles. The van der Waals surface area contributed by atoms with Gasteiger partial charge in [0.15, 0.2) is 0 Å². The fraction of sp³-hybridized carbons (Fsp3) is 1.00. The fourth-order valence-corrected chi connectivity index (χ4v) is 1.56. The van der Waals surface area contributed by atoms with Crippen molar-refractivity contribution in [2.75, 3.05) is 6.61 Å². The Morgan fingerprint density at radius 3 is 2.25 bits per heavy atom. The summed E-state index contributed by atoms with van der Waals surface area (Å²) in [7, 11) is 0. The van der Waals surface area contributed by atoms with Crippen LogP contribution in [0.1, 0.15) is 13.8 Å². The van der Waals surface area contributed by atoms with E-state index in [0.717, 1.165) is 0 Å². The molecule has 3 N–H and O–H groups in total. The summed E-state index contributed by atoms with van der Waals surface area (Å²) in [5, 5.41) is 27.8. The molecule has 1 aliphatic heterocycles. The molecule has 4 nitrogen and oxygen atoms in total. The van der Waals surface area contributed by atoms with Gasteiger partial charge in [0.1, 0.15) is 6.10 Å². The van der Waals surface area contributed by atoms with Crippen LogP contribution in [-0.4, -0.2) is 46.3 Å². The molecule has 1 rings (SSSR count). The lowest BCUT2D eigenvalue weighted by Gasteiger charge is -2.39. The van der Waals surface area contributed by atoms with Gasteiger partial charge in [0.2, 0.25) is 0 Å². The smallest absolute Gasteiger partial charge is 0.107 e. The summed E-state index contributed by atoms with van der Waals surface area (Å²) in [6.07, 6.45) is -2.30. The van der Waals surface area contributed by atoms with Gasteiger partial charge in [0, 0.05) is 5.92 Å². The highest BCUT2D eigenvalue weighted by Gasteiger charge is 2.39. The minimum absolute atomic E-state index is 0.206. The largest absolute Gasteiger partial charge is 0.394 e. The highest BCUT2D eigenvalue weighted by Crippen LogP contribution is 2.25. The molecule has 0 bridgehead atoms. The van der Waals surface area contributed by atoms with E-state index in [2.05, 4.69) is 0 Å². The van der Waals surface area contributed by atoms with Gasteiger partial charge in [0.05, 0.1) is 24.9 Å². The zero-order chi connectivity index (χ0) is 9.30. The number of rotatable bonds is 1. The molecule has 1 fully saturated rings. The number of hydrogen-bond acceptors (Lipinski definition) is 4. The average Bonchev–Trinajstić information content (AvgIpc) is 2.08. The van der Waals surface area contributed by atoms with Gasteiger partial charge >= 0.3 is 0 Å². The fourth-order valence-electron chi connectivity index (χ4n) is 1.56. The maximum Gasteiger partial charge on any atom is 0.107 e. The van der Waals surface area contributed by atoms with Crippen LogP contribution in [0.25, 0.3) is 0 Å². The maximum absolute atomic E-state index is 9.48. The molecule has 0 aromatic heterocycles. The van der Waals surface area contributed by atoms with E-state index in [1.54, 1.807) is 13.8 Å². The van der Waals surface area contributed by atoms with Crippen LogP contribution in [0.4, 0.5) is 0 Å². The molecule has 0 aromatic rings. The Labute approximate surface area is 71.8 Å². The Kier molecular flexibility index (Phi) is 3.06. The molecule has 0 aromatic carbocycles. The van der Waals surface area contributed by atoms with E-state index >= 15 is 0 Å². The molecule has 1 heterocycles. The Bertz CT molecular complexity index is 145. The van der Waals surface area contributed by atoms with E-state index in [1.165, 1.54) is 0 Å². The second kappa shape index (κ2) is 3.70. The van der Waals surface area contributed by atoms with Gasteiger partial charge in [-0.15, -0.1) is 0 Å². The highest BCUT2D eigenvalue weighted by molar-refractivity contribution is 4.87. The van der Waals surface area contributed by atoms with Crippen LogP contribution in [0.15, 0.2) is 0 Å². The van der Waals surface area contributed by atoms with Crippen molar-refractivity contribution in [1.29, 1.82) is 0 Å². The standard InChI is InChI=1S/C8H16O4/c1-4-7(10)5(2)12-6(3-9)8(4)11/h4-11H,3H2,1-2H3/t4?,5-,6+,7?,8+/m1/s1. The van der Waals surface area contributed by atoms with E-state index in [4.69, 9.17) is 9.84 Å². The first-order valence-corrected chi connectivity index (χ1v) is 4.20. The summed E-state index contributed by atoms with van der Waals surface area (Å²) in [5.74, 6) is -0.245. The van der Waals surface area contributed by atoms with E-state index in [9.17, 15) is 10.2 Å². The topological polar surface area (TPSA) is 69.9 Å². The van der Waals surface area contributed by atoms with Crippen LogP contribution in [-0.2, 0) is 4.74 Å². The molecular formula is C8H16O4. The molecular weight excluding hydrogens is 160 g/mol. The third-order valence-electron chi connectivity index (χ3n) is 2.51. The van der Waals surface area contributed by atoms with Crippen LogP contribution in [0.2, 0.25) is 0 Å². The lowest BCUT2D eigenvalue weighted by Crippen LogP contribution is -2.53. The van der Waals surface area contributed by atoms with Crippen LogP contribution in [0, 0.1) is 5.92 Å². The average molecular weight is 176 g/mol. The van der Waals surface area contributed by atoms with Crippen molar-refractivity contribution >= 4 is 0 Å². The Hall–Kier alpha value is -0.160. The zero-order valence-corrected chi connectivity index (χ0v) is 7.34. The van der Waals surface area contributed by atoms with Crippen molar-refractivity contribution in [3.05, 3.63) is 0 Å². The second-order valence-electron chi connectivity index (χ2n) is 3.40. The van der Waals surface area contributed by atoms with Crippen molar-refractivity contribution in [2.45, 2.75) is 38.3 Å². The van der Waals surface area contributed by atoms with Crippen molar-refractivity contribution < 1.29 is 20.1 Å². The molecule has 1 saturated heterocycles. The third kappa shape index (κ3) is 1.61. The molecule has 0 saturated carbocycles. The normalized spacial score (nSPS) is 49.2. The third-order valence-corrected chi connectivity index (χ3v) is 2.51. The molecule has 12 heavy (non-hydrogen) atoms. The predicted molar refractivity (Wildman–Crippen MR) is 42.6 cm³/mol. The summed E-state index contributed by atoms with van der Waals surface area (Å²) < 4.78 is 5.18. The van der Waals surface area contributed by atoms with Gasteiger partial charge in [0.25, 0.3) is 0 Å². The molecule has 5 atom stereocenters. The van der Waals surface area contributed by atoms with Crippen LogP contribution in [0.3, 0.4) is 0 Å². The summed E-state index contributed by atoms with van der Waals surface area (Å²) in [5.41, 5.74) is 0. The van der Waals surface area contributed by atoms with Gasteiger partial charge in [-0.05, 0) is 6.92 Å². The van der Waals surface area contributed by atoms with Crippen LogP contribution in [0.5, 0.6) is 0 Å². The van der Waals surface area contributed by atoms with Gasteiger partial charge in [-0.25, -0.2) is 0 Å². The van der Waals surface area contributed by atoms with Crippen molar-refractivity contribution in [2.24, 2.45) is 5.92 Å². The first-order valence-electron chi connectivity index (χ1n) is 4.20. The van der Waals surface area contributed by atoms with E-state index in [1.807, 2.05) is 0 Å². The highest BCUT2D eigenvalue weighted by atomic mass is 16.5. The second-order valence-corrected chi connectivity index (χ2v) is 3.40. The van der Waals surface area contributed by atoms with E-state index in [-0.39, 0.29) is 18.6 Å². The predicted octanol–water partition coefficient (Wildman–Crippen LogP) is -0.876.